The Labute approximate surface area is 122 Å². The number of piperidine rings is 1. The summed E-state index contributed by atoms with van der Waals surface area (Å²) >= 11 is 5.21. The standard InChI is InChI=1S/C14H20BrNOS/c1-3-5-12-11(15)8-13(18-12)14(17)16-7-4-6-10(2)9-16/h8,10H,3-7,9H2,1-2H3. The molecule has 2 nitrogen and oxygen atoms in total. The van der Waals surface area contributed by atoms with Crippen LogP contribution in [0, 0.1) is 5.92 Å². The lowest BCUT2D eigenvalue weighted by atomic mass is 10.0. The number of carbonyl (C=O) groups excluding carboxylic acids is 1. The van der Waals surface area contributed by atoms with E-state index in [1.807, 2.05) is 11.0 Å². The van der Waals surface area contributed by atoms with Crippen molar-refractivity contribution in [3.63, 3.8) is 0 Å². The first kappa shape index (κ1) is 14.1. The Hall–Kier alpha value is -0.350. The van der Waals surface area contributed by atoms with Gasteiger partial charge in [-0.05, 0) is 47.2 Å². The van der Waals surface area contributed by atoms with E-state index >= 15 is 0 Å². The largest absolute Gasteiger partial charge is 0.338 e. The summed E-state index contributed by atoms with van der Waals surface area (Å²) in [6.45, 7) is 6.23. The number of carbonyl (C=O) groups is 1. The first-order valence-electron chi connectivity index (χ1n) is 6.69. The number of hydrogen-bond acceptors (Lipinski definition) is 2. The fraction of sp³-hybridized carbons (Fsp3) is 0.643. The molecule has 1 aromatic heterocycles. The molecule has 2 heterocycles. The topological polar surface area (TPSA) is 20.3 Å². The van der Waals surface area contributed by atoms with E-state index in [0.717, 1.165) is 41.7 Å². The lowest BCUT2D eigenvalue weighted by Crippen LogP contribution is -2.38. The van der Waals surface area contributed by atoms with Crippen LogP contribution in [0.3, 0.4) is 0 Å². The van der Waals surface area contributed by atoms with Crippen LogP contribution in [0.15, 0.2) is 10.5 Å². The van der Waals surface area contributed by atoms with Crippen LogP contribution in [0.5, 0.6) is 0 Å². The highest BCUT2D eigenvalue weighted by Gasteiger charge is 2.23. The number of likely N-dealkylation sites (tertiary alicyclic amines) is 1. The van der Waals surface area contributed by atoms with Gasteiger partial charge in [0.2, 0.25) is 0 Å². The van der Waals surface area contributed by atoms with Crippen LogP contribution in [0.2, 0.25) is 0 Å². The normalized spacial score (nSPS) is 20.2. The van der Waals surface area contributed by atoms with Crippen molar-refractivity contribution in [1.29, 1.82) is 0 Å². The van der Waals surface area contributed by atoms with Crippen LogP contribution < -0.4 is 0 Å². The van der Waals surface area contributed by atoms with E-state index in [-0.39, 0.29) is 5.91 Å². The molecule has 0 bridgehead atoms. The minimum atomic E-state index is 0.217. The number of halogens is 1. The molecule has 1 saturated heterocycles. The molecule has 1 unspecified atom stereocenters. The van der Waals surface area contributed by atoms with Crippen LogP contribution in [0.1, 0.15) is 47.7 Å². The third-order valence-electron chi connectivity index (χ3n) is 3.39. The molecular weight excluding hydrogens is 310 g/mol. The van der Waals surface area contributed by atoms with E-state index in [0.29, 0.717) is 5.92 Å². The first-order chi connectivity index (χ1) is 8.61. The second kappa shape index (κ2) is 6.20. The fourth-order valence-electron chi connectivity index (χ4n) is 2.44. The second-order valence-electron chi connectivity index (χ2n) is 5.13. The predicted molar refractivity (Wildman–Crippen MR) is 80.3 cm³/mol. The Morgan fingerprint density at radius 1 is 1.61 bits per heavy atom. The summed E-state index contributed by atoms with van der Waals surface area (Å²) in [6.07, 6.45) is 4.56. The molecule has 4 heteroatoms. The Morgan fingerprint density at radius 2 is 2.39 bits per heavy atom. The van der Waals surface area contributed by atoms with Gasteiger partial charge >= 0.3 is 0 Å². The van der Waals surface area contributed by atoms with E-state index in [2.05, 4.69) is 29.8 Å². The summed E-state index contributed by atoms with van der Waals surface area (Å²) in [5.41, 5.74) is 0. The van der Waals surface area contributed by atoms with Gasteiger partial charge in [-0.3, -0.25) is 4.79 Å². The zero-order chi connectivity index (χ0) is 13.1. The van der Waals surface area contributed by atoms with Crippen LogP contribution in [-0.2, 0) is 6.42 Å². The molecule has 0 spiro atoms. The van der Waals surface area contributed by atoms with Gasteiger partial charge in [0.1, 0.15) is 0 Å². The highest BCUT2D eigenvalue weighted by molar-refractivity contribution is 9.10. The van der Waals surface area contributed by atoms with Gasteiger partial charge in [0, 0.05) is 22.4 Å². The summed E-state index contributed by atoms with van der Waals surface area (Å²) < 4.78 is 1.10. The number of amides is 1. The van der Waals surface area contributed by atoms with Crippen molar-refractivity contribution in [3.05, 3.63) is 20.3 Å². The number of aryl methyl sites for hydroxylation is 1. The van der Waals surface area contributed by atoms with Gasteiger partial charge in [-0.25, -0.2) is 0 Å². The molecule has 100 valence electrons. The van der Waals surface area contributed by atoms with Gasteiger partial charge in [-0.15, -0.1) is 11.3 Å². The van der Waals surface area contributed by atoms with Crippen LogP contribution in [0.4, 0.5) is 0 Å². The number of thiophene rings is 1. The molecule has 1 atom stereocenters. The molecule has 0 radical (unpaired) electrons. The molecule has 1 aromatic rings. The van der Waals surface area contributed by atoms with Gasteiger partial charge in [-0.1, -0.05) is 20.3 Å². The smallest absolute Gasteiger partial charge is 0.263 e. The minimum Gasteiger partial charge on any atom is -0.338 e. The number of nitrogens with zero attached hydrogens (tertiary/aromatic N) is 1. The Balaban J connectivity index is 2.10. The summed E-state index contributed by atoms with van der Waals surface area (Å²) in [4.78, 5) is 16.6. The van der Waals surface area contributed by atoms with Gasteiger partial charge in [0.25, 0.3) is 5.91 Å². The van der Waals surface area contributed by atoms with Crippen molar-refractivity contribution >= 4 is 33.2 Å². The zero-order valence-corrected chi connectivity index (χ0v) is 13.4. The predicted octanol–water partition coefficient (Wildman–Crippen LogP) is 4.34. The molecular formula is C14H20BrNOS. The highest BCUT2D eigenvalue weighted by atomic mass is 79.9. The van der Waals surface area contributed by atoms with Crippen molar-refractivity contribution in [1.82, 2.24) is 4.90 Å². The van der Waals surface area contributed by atoms with Crippen molar-refractivity contribution in [3.8, 4) is 0 Å². The Bertz CT molecular complexity index is 429. The number of rotatable bonds is 3. The molecule has 1 fully saturated rings. The van der Waals surface area contributed by atoms with Crippen LogP contribution in [0.25, 0.3) is 0 Å². The Morgan fingerprint density at radius 3 is 3.06 bits per heavy atom. The average molecular weight is 330 g/mol. The lowest BCUT2D eigenvalue weighted by Gasteiger charge is -2.30. The molecule has 0 saturated carbocycles. The maximum Gasteiger partial charge on any atom is 0.263 e. The van der Waals surface area contributed by atoms with Gasteiger partial charge in [0.15, 0.2) is 0 Å². The van der Waals surface area contributed by atoms with Crippen LogP contribution >= 0.6 is 27.3 Å². The van der Waals surface area contributed by atoms with E-state index in [1.165, 1.54) is 11.3 Å². The molecule has 0 aliphatic carbocycles. The van der Waals surface area contributed by atoms with Crippen molar-refractivity contribution < 1.29 is 4.79 Å². The number of hydrogen-bond donors (Lipinski definition) is 0. The molecule has 18 heavy (non-hydrogen) atoms. The molecule has 2 rings (SSSR count). The molecule has 1 aliphatic rings. The van der Waals surface area contributed by atoms with E-state index in [9.17, 15) is 4.79 Å². The second-order valence-corrected chi connectivity index (χ2v) is 7.12. The monoisotopic (exact) mass is 329 g/mol. The molecule has 0 N–H and O–H groups in total. The summed E-state index contributed by atoms with van der Waals surface area (Å²) in [5.74, 6) is 0.857. The van der Waals surface area contributed by atoms with Gasteiger partial charge in [-0.2, -0.15) is 0 Å². The fourth-order valence-corrected chi connectivity index (χ4v) is 4.38. The third-order valence-corrected chi connectivity index (χ3v) is 5.54. The highest BCUT2D eigenvalue weighted by Crippen LogP contribution is 2.30. The SMILES string of the molecule is CCCc1sc(C(=O)N2CCCC(C)C2)cc1Br. The zero-order valence-electron chi connectivity index (χ0n) is 11.0. The Kier molecular flexibility index (Phi) is 4.84. The third kappa shape index (κ3) is 3.15. The van der Waals surface area contributed by atoms with Crippen molar-refractivity contribution in [2.45, 2.75) is 39.5 Å². The summed E-state index contributed by atoms with van der Waals surface area (Å²) in [7, 11) is 0. The van der Waals surface area contributed by atoms with Crippen molar-refractivity contribution in [2.75, 3.05) is 13.1 Å². The van der Waals surface area contributed by atoms with E-state index < -0.39 is 0 Å². The maximum absolute atomic E-state index is 12.4. The maximum atomic E-state index is 12.4. The minimum absolute atomic E-state index is 0.217. The summed E-state index contributed by atoms with van der Waals surface area (Å²) in [6, 6.07) is 2.00. The molecule has 1 aliphatic heterocycles. The first-order valence-corrected chi connectivity index (χ1v) is 8.30. The van der Waals surface area contributed by atoms with E-state index in [1.54, 1.807) is 11.3 Å². The van der Waals surface area contributed by atoms with E-state index in [4.69, 9.17) is 0 Å². The molecule has 1 amide bonds. The van der Waals surface area contributed by atoms with Gasteiger partial charge in [0.05, 0.1) is 4.88 Å². The van der Waals surface area contributed by atoms with Gasteiger partial charge < -0.3 is 4.90 Å². The molecule has 0 aromatic carbocycles. The summed E-state index contributed by atoms with van der Waals surface area (Å²) in [5, 5.41) is 0. The van der Waals surface area contributed by atoms with Crippen LogP contribution in [-0.4, -0.2) is 23.9 Å². The van der Waals surface area contributed by atoms with Crippen molar-refractivity contribution in [2.24, 2.45) is 5.92 Å². The quantitative estimate of drug-likeness (QED) is 0.807. The average Bonchev–Trinajstić information content (AvgIpc) is 2.71. The lowest BCUT2D eigenvalue weighted by molar-refractivity contribution is 0.0688.